The molecular weight excluding hydrogens is 306 g/mol. The standard InChI is InChI=1S/C14H20BrN3O/c1-14(6-7-16-9-14)13(19)17-11-8-10(15)4-5-12(11)18(2)3/h4-5,8,16H,6-7,9H2,1-3H3,(H,17,19). The first-order valence-corrected chi connectivity index (χ1v) is 7.21. The maximum absolute atomic E-state index is 12.4. The van der Waals surface area contributed by atoms with Crippen molar-refractivity contribution in [1.29, 1.82) is 0 Å². The largest absolute Gasteiger partial charge is 0.376 e. The molecule has 0 saturated carbocycles. The zero-order valence-electron chi connectivity index (χ0n) is 11.6. The van der Waals surface area contributed by atoms with E-state index in [-0.39, 0.29) is 11.3 Å². The van der Waals surface area contributed by atoms with Gasteiger partial charge in [0.2, 0.25) is 5.91 Å². The minimum atomic E-state index is -0.314. The Morgan fingerprint density at radius 3 is 2.79 bits per heavy atom. The van der Waals surface area contributed by atoms with Gasteiger partial charge < -0.3 is 15.5 Å². The summed E-state index contributed by atoms with van der Waals surface area (Å²) in [5, 5.41) is 6.31. The number of carbonyl (C=O) groups excluding carboxylic acids is 1. The van der Waals surface area contributed by atoms with Gasteiger partial charge in [-0.25, -0.2) is 0 Å². The summed E-state index contributed by atoms with van der Waals surface area (Å²) in [6.45, 7) is 3.66. The summed E-state index contributed by atoms with van der Waals surface area (Å²) in [6, 6.07) is 5.91. The number of nitrogens with one attached hydrogen (secondary N) is 2. The molecule has 0 aromatic heterocycles. The summed E-state index contributed by atoms with van der Waals surface area (Å²) >= 11 is 3.45. The molecule has 2 N–H and O–H groups in total. The third-order valence-corrected chi connectivity index (χ3v) is 4.10. The molecular formula is C14H20BrN3O. The fraction of sp³-hybridized carbons (Fsp3) is 0.500. The molecule has 104 valence electrons. The normalized spacial score (nSPS) is 22.3. The van der Waals surface area contributed by atoms with E-state index in [1.54, 1.807) is 0 Å². The first-order valence-electron chi connectivity index (χ1n) is 6.41. The molecule has 1 fully saturated rings. The second-order valence-electron chi connectivity index (χ2n) is 5.50. The number of amides is 1. The lowest BCUT2D eigenvalue weighted by Crippen LogP contribution is -2.35. The van der Waals surface area contributed by atoms with Gasteiger partial charge in [-0.05, 0) is 38.1 Å². The molecule has 1 aromatic carbocycles. The summed E-state index contributed by atoms with van der Waals surface area (Å²) < 4.78 is 0.961. The highest BCUT2D eigenvalue weighted by molar-refractivity contribution is 9.10. The molecule has 1 atom stereocenters. The Morgan fingerprint density at radius 2 is 2.21 bits per heavy atom. The lowest BCUT2D eigenvalue weighted by atomic mass is 9.88. The third-order valence-electron chi connectivity index (χ3n) is 3.61. The number of rotatable bonds is 3. The molecule has 1 aliphatic heterocycles. The molecule has 1 heterocycles. The van der Waals surface area contributed by atoms with Crippen LogP contribution in [0.2, 0.25) is 0 Å². The number of benzene rings is 1. The van der Waals surface area contributed by atoms with E-state index in [1.165, 1.54) is 0 Å². The summed E-state index contributed by atoms with van der Waals surface area (Å²) in [6.07, 6.45) is 0.879. The fourth-order valence-electron chi connectivity index (χ4n) is 2.28. The summed E-state index contributed by atoms with van der Waals surface area (Å²) in [5.74, 6) is 0.0821. The fourth-order valence-corrected chi connectivity index (χ4v) is 2.64. The van der Waals surface area contributed by atoms with Gasteiger partial charge in [0.25, 0.3) is 0 Å². The highest BCUT2D eigenvalue weighted by Crippen LogP contribution is 2.31. The summed E-state index contributed by atoms with van der Waals surface area (Å²) in [5.41, 5.74) is 1.54. The second kappa shape index (κ2) is 5.51. The average Bonchev–Trinajstić information content (AvgIpc) is 2.77. The molecule has 19 heavy (non-hydrogen) atoms. The molecule has 2 rings (SSSR count). The van der Waals surface area contributed by atoms with Crippen molar-refractivity contribution in [2.75, 3.05) is 37.4 Å². The molecule has 0 radical (unpaired) electrons. The van der Waals surface area contributed by atoms with Crippen molar-refractivity contribution in [2.24, 2.45) is 5.41 Å². The lowest BCUT2D eigenvalue weighted by Gasteiger charge is -2.24. The van der Waals surface area contributed by atoms with Crippen LogP contribution >= 0.6 is 15.9 Å². The van der Waals surface area contributed by atoms with E-state index >= 15 is 0 Å². The van der Waals surface area contributed by atoms with E-state index in [0.717, 1.165) is 35.4 Å². The van der Waals surface area contributed by atoms with Crippen LogP contribution in [0.25, 0.3) is 0 Å². The van der Waals surface area contributed by atoms with Gasteiger partial charge in [0.1, 0.15) is 0 Å². The van der Waals surface area contributed by atoms with Crippen molar-refractivity contribution >= 4 is 33.2 Å². The Labute approximate surface area is 122 Å². The van der Waals surface area contributed by atoms with Crippen LogP contribution in [-0.4, -0.2) is 33.1 Å². The minimum absolute atomic E-state index is 0.0821. The Bertz CT molecular complexity index is 482. The van der Waals surface area contributed by atoms with Crippen molar-refractivity contribution in [1.82, 2.24) is 5.32 Å². The second-order valence-corrected chi connectivity index (χ2v) is 6.41. The molecule has 0 aliphatic carbocycles. The van der Waals surface area contributed by atoms with Gasteiger partial charge in [-0.2, -0.15) is 0 Å². The van der Waals surface area contributed by atoms with Crippen molar-refractivity contribution in [3.05, 3.63) is 22.7 Å². The van der Waals surface area contributed by atoms with Crippen LogP contribution in [0.4, 0.5) is 11.4 Å². The van der Waals surface area contributed by atoms with E-state index in [4.69, 9.17) is 0 Å². The van der Waals surface area contributed by atoms with Crippen LogP contribution in [-0.2, 0) is 4.79 Å². The Balaban J connectivity index is 2.23. The number of carbonyl (C=O) groups is 1. The van der Waals surface area contributed by atoms with Crippen molar-refractivity contribution in [2.45, 2.75) is 13.3 Å². The van der Waals surface area contributed by atoms with E-state index in [2.05, 4.69) is 26.6 Å². The van der Waals surface area contributed by atoms with Gasteiger partial charge in [-0.3, -0.25) is 4.79 Å². The van der Waals surface area contributed by atoms with Crippen LogP contribution in [0.15, 0.2) is 22.7 Å². The van der Waals surface area contributed by atoms with Crippen LogP contribution in [0.3, 0.4) is 0 Å². The molecule has 1 unspecified atom stereocenters. The van der Waals surface area contributed by atoms with Crippen molar-refractivity contribution in [3.8, 4) is 0 Å². The molecule has 1 amide bonds. The van der Waals surface area contributed by atoms with Crippen LogP contribution in [0.5, 0.6) is 0 Å². The van der Waals surface area contributed by atoms with E-state index < -0.39 is 0 Å². The van der Waals surface area contributed by atoms with Crippen molar-refractivity contribution in [3.63, 3.8) is 0 Å². The zero-order valence-corrected chi connectivity index (χ0v) is 13.2. The van der Waals surface area contributed by atoms with Gasteiger partial charge in [0.05, 0.1) is 16.8 Å². The Hall–Kier alpha value is -1.07. The first-order chi connectivity index (χ1) is 8.92. The number of nitrogens with zero attached hydrogens (tertiary/aromatic N) is 1. The smallest absolute Gasteiger partial charge is 0.231 e. The molecule has 1 aromatic rings. The van der Waals surface area contributed by atoms with Gasteiger partial charge in [0, 0.05) is 25.1 Å². The molecule has 0 spiro atoms. The van der Waals surface area contributed by atoms with Gasteiger partial charge >= 0.3 is 0 Å². The molecule has 1 aliphatic rings. The Kier molecular flexibility index (Phi) is 4.16. The topological polar surface area (TPSA) is 44.4 Å². The number of anilines is 2. The minimum Gasteiger partial charge on any atom is -0.376 e. The lowest BCUT2D eigenvalue weighted by molar-refractivity contribution is -0.123. The predicted molar refractivity (Wildman–Crippen MR) is 82.7 cm³/mol. The van der Waals surface area contributed by atoms with Gasteiger partial charge in [-0.1, -0.05) is 15.9 Å². The van der Waals surface area contributed by atoms with Crippen LogP contribution in [0, 0.1) is 5.41 Å². The first kappa shape index (κ1) is 14.3. The van der Waals surface area contributed by atoms with Gasteiger partial charge in [-0.15, -0.1) is 0 Å². The molecule has 5 heteroatoms. The van der Waals surface area contributed by atoms with Crippen LogP contribution in [0.1, 0.15) is 13.3 Å². The maximum atomic E-state index is 12.4. The summed E-state index contributed by atoms with van der Waals surface area (Å²) in [4.78, 5) is 14.4. The number of hydrogen-bond acceptors (Lipinski definition) is 3. The van der Waals surface area contributed by atoms with E-state index in [0.29, 0.717) is 0 Å². The van der Waals surface area contributed by atoms with Crippen LogP contribution < -0.4 is 15.5 Å². The molecule has 1 saturated heterocycles. The molecule has 0 bridgehead atoms. The number of halogens is 1. The van der Waals surface area contributed by atoms with Crippen molar-refractivity contribution < 1.29 is 4.79 Å². The monoisotopic (exact) mass is 325 g/mol. The highest BCUT2D eigenvalue weighted by atomic mass is 79.9. The summed E-state index contributed by atoms with van der Waals surface area (Å²) in [7, 11) is 3.94. The van der Waals surface area contributed by atoms with Gasteiger partial charge in [0.15, 0.2) is 0 Å². The SMILES string of the molecule is CN(C)c1ccc(Br)cc1NC(=O)C1(C)CCNC1. The average molecular weight is 326 g/mol. The highest BCUT2D eigenvalue weighted by Gasteiger charge is 2.36. The quantitative estimate of drug-likeness (QED) is 0.897. The molecule has 4 nitrogen and oxygen atoms in total. The number of hydrogen-bond donors (Lipinski definition) is 2. The maximum Gasteiger partial charge on any atom is 0.231 e. The predicted octanol–water partition coefficient (Wildman–Crippen LogP) is 2.45. The zero-order chi connectivity index (χ0) is 14.0. The third kappa shape index (κ3) is 3.09. The Morgan fingerprint density at radius 1 is 1.47 bits per heavy atom. The van der Waals surface area contributed by atoms with E-state index in [1.807, 2.05) is 44.1 Å². The van der Waals surface area contributed by atoms with E-state index in [9.17, 15) is 4.79 Å².